The normalized spacial score (nSPS) is 10.5. The molecule has 0 unspecified atom stereocenters. The van der Waals surface area contributed by atoms with Crippen LogP contribution in [0.5, 0.6) is 17.4 Å². The number of anilines is 1. The molecule has 0 aliphatic heterocycles. The largest absolute Gasteiger partial charge is 0.496 e. The average Bonchev–Trinajstić information content (AvgIpc) is 3.30. The van der Waals surface area contributed by atoms with Gasteiger partial charge in [0.25, 0.3) is 5.91 Å². The van der Waals surface area contributed by atoms with E-state index in [0.717, 1.165) is 0 Å². The quantitative estimate of drug-likeness (QED) is 0.525. The summed E-state index contributed by atoms with van der Waals surface area (Å²) in [5, 5.41) is 2.85. The first kappa shape index (κ1) is 19.1. The topological polar surface area (TPSA) is 91.2 Å². The van der Waals surface area contributed by atoms with Gasteiger partial charge in [0.1, 0.15) is 29.5 Å². The maximum Gasteiger partial charge on any atom is 0.259 e. The van der Waals surface area contributed by atoms with E-state index >= 15 is 0 Å². The molecule has 2 aromatic carbocycles. The minimum Gasteiger partial charge on any atom is -0.496 e. The summed E-state index contributed by atoms with van der Waals surface area (Å²) < 4.78 is 12.9. The van der Waals surface area contributed by atoms with Gasteiger partial charge in [0, 0.05) is 24.1 Å². The van der Waals surface area contributed by atoms with E-state index in [2.05, 4.69) is 20.3 Å². The number of hydrogen-bond donors (Lipinski definition) is 1. The minimum atomic E-state index is -0.252. The molecule has 150 valence electrons. The Morgan fingerprint density at radius 3 is 2.60 bits per heavy atom. The summed E-state index contributed by atoms with van der Waals surface area (Å²) in [5.41, 5.74) is 1.10. The maximum absolute atomic E-state index is 12.5. The molecule has 0 spiro atoms. The van der Waals surface area contributed by atoms with Crippen LogP contribution in [0.3, 0.4) is 0 Å². The average molecular weight is 401 g/mol. The SMILES string of the molecule is COc1ccccc1C(=O)Nc1ccc(Oc2cc(-n3ccnc3)nc(C)n2)cc1. The fourth-order valence-corrected chi connectivity index (χ4v) is 2.86. The standard InChI is InChI=1S/C22H19N5O3/c1-15-24-20(27-12-11-23-14-27)13-21(25-15)30-17-9-7-16(8-10-17)26-22(28)18-5-3-4-6-19(18)29-2/h3-14H,1-2H3,(H,26,28). The van der Waals surface area contributed by atoms with E-state index in [1.54, 1.807) is 78.7 Å². The molecule has 0 saturated heterocycles. The number of rotatable bonds is 6. The van der Waals surface area contributed by atoms with E-state index < -0.39 is 0 Å². The number of para-hydroxylation sites is 1. The third-order valence-electron chi connectivity index (χ3n) is 4.26. The predicted octanol–water partition coefficient (Wildman–Crippen LogP) is 4.02. The highest BCUT2D eigenvalue weighted by Crippen LogP contribution is 2.24. The lowest BCUT2D eigenvalue weighted by Gasteiger charge is -2.10. The van der Waals surface area contributed by atoms with Crippen molar-refractivity contribution in [2.45, 2.75) is 6.92 Å². The molecule has 4 rings (SSSR count). The van der Waals surface area contributed by atoms with Gasteiger partial charge in [-0.1, -0.05) is 12.1 Å². The summed E-state index contributed by atoms with van der Waals surface area (Å²) in [7, 11) is 1.53. The number of carbonyl (C=O) groups excluding carboxylic acids is 1. The number of nitrogens with zero attached hydrogens (tertiary/aromatic N) is 4. The summed E-state index contributed by atoms with van der Waals surface area (Å²) in [6.07, 6.45) is 5.13. The van der Waals surface area contributed by atoms with Crippen LogP contribution in [-0.2, 0) is 0 Å². The number of aromatic nitrogens is 4. The zero-order chi connectivity index (χ0) is 20.9. The van der Waals surface area contributed by atoms with E-state index in [4.69, 9.17) is 9.47 Å². The van der Waals surface area contributed by atoms with Gasteiger partial charge in [0.2, 0.25) is 5.88 Å². The number of amides is 1. The molecule has 0 aliphatic carbocycles. The Kier molecular flexibility index (Phi) is 5.38. The molecular formula is C22H19N5O3. The number of hydrogen-bond acceptors (Lipinski definition) is 6. The Balaban J connectivity index is 1.47. The number of methoxy groups -OCH3 is 1. The summed E-state index contributed by atoms with van der Waals surface area (Å²) in [4.78, 5) is 25.2. The van der Waals surface area contributed by atoms with Crippen molar-refractivity contribution in [2.24, 2.45) is 0 Å². The smallest absolute Gasteiger partial charge is 0.259 e. The Labute approximate surface area is 173 Å². The molecule has 4 aromatic rings. The molecule has 0 atom stereocenters. The zero-order valence-corrected chi connectivity index (χ0v) is 16.4. The lowest BCUT2D eigenvalue weighted by atomic mass is 10.2. The van der Waals surface area contributed by atoms with E-state index in [-0.39, 0.29) is 5.91 Å². The second kappa shape index (κ2) is 8.44. The molecule has 8 heteroatoms. The molecule has 1 amide bonds. The minimum absolute atomic E-state index is 0.252. The van der Waals surface area contributed by atoms with Crippen molar-refractivity contribution in [1.29, 1.82) is 0 Å². The van der Waals surface area contributed by atoms with Crippen LogP contribution in [0.4, 0.5) is 5.69 Å². The summed E-state index contributed by atoms with van der Waals surface area (Å²) >= 11 is 0. The fraction of sp³-hybridized carbons (Fsp3) is 0.0909. The van der Waals surface area contributed by atoms with Gasteiger partial charge in [-0.2, -0.15) is 4.98 Å². The van der Waals surface area contributed by atoms with E-state index in [9.17, 15) is 4.79 Å². The highest BCUT2D eigenvalue weighted by molar-refractivity contribution is 6.06. The molecule has 2 heterocycles. The molecule has 0 aliphatic rings. The van der Waals surface area contributed by atoms with Crippen molar-refractivity contribution < 1.29 is 14.3 Å². The zero-order valence-electron chi connectivity index (χ0n) is 16.4. The molecular weight excluding hydrogens is 382 g/mol. The van der Waals surface area contributed by atoms with Crippen molar-refractivity contribution in [3.63, 3.8) is 0 Å². The van der Waals surface area contributed by atoms with Crippen molar-refractivity contribution in [1.82, 2.24) is 19.5 Å². The Morgan fingerprint density at radius 1 is 1.07 bits per heavy atom. The highest BCUT2D eigenvalue weighted by Gasteiger charge is 2.12. The molecule has 2 aromatic heterocycles. The molecule has 0 radical (unpaired) electrons. The number of imidazole rings is 1. The summed E-state index contributed by atoms with van der Waals surface area (Å²) in [5.74, 6) is 2.50. The molecule has 8 nitrogen and oxygen atoms in total. The molecule has 0 saturated carbocycles. The Hall–Kier alpha value is -4.20. The van der Waals surface area contributed by atoms with Crippen LogP contribution in [0.15, 0.2) is 73.3 Å². The van der Waals surface area contributed by atoms with Crippen LogP contribution in [0, 0.1) is 6.92 Å². The van der Waals surface area contributed by atoms with Gasteiger partial charge in [-0.05, 0) is 43.3 Å². The van der Waals surface area contributed by atoms with Gasteiger partial charge < -0.3 is 14.8 Å². The summed E-state index contributed by atoms with van der Waals surface area (Å²) in [6.45, 7) is 1.80. The van der Waals surface area contributed by atoms with Crippen LogP contribution < -0.4 is 14.8 Å². The lowest BCUT2D eigenvalue weighted by molar-refractivity contribution is 0.102. The number of ether oxygens (including phenoxy) is 2. The van der Waals surface area contributed by atoms with Gasteiger partial charge in [0.05, 0.1) is 12.7 Å². The lowest BCUT2D eigenvalue weighted by Crippen LogP contribution is -2.13. The van der Waals surface area contributed by atoms with Gasteiger partial charge in [-0.25, -0.2) is 9.97 Å². The van der Waals surface area contributed by atoms with E-state index in [1.165, 1.54) is 7.11 Å². The molecule has 1 N–H and O–H groups in total. The predicted molar refractivity (Wildman–Crippen MR) is 111 cm³/mol. The Bertz CT molecular complexity index is 1160. The summed E-state index contributed by atoms with van der Waals surface area (Å²) in [6, 6.07) is 15.8. The Morgan fingerprint density at radius 2 is 1.87 bits per heavy atom. The molecule has 30 heavy (non-hydrogen) atoms. The van der Waals surface area contributed by atoms with Gasteiger partial charge in [-0.3, -0.25) is 9.36 Å². The molecule has 0 fully saturated rings. The maximum atomic E-state index is 12.5. The third-order valence-corrected chi connectivity index (χ3v) is 4.26. The van der Waals surface area contributed by atoms with Gasteiger partial charge in [-0.15, -0.1) is 0 Å². The van der Waals surface area contributed by atoms with Crippen LogP contribution in [0.1, 0.15) is 16.2 Å². The second-order valence-electron chi connectivity index (χ2n) is 6.36. The van der Waals surface area contributed by atoms with E-state index in [0.29, 0.717) is 40.3 Å². The second-order valence-corrected chi connectivity index (χ2v) is 6.36. The number of aryl methyl sites for hydroxylation is 1. The van der Waals surface area contributed by atoms with Gasteiger partial charge >= 0.3 is 0 Å². The number of benzene rings is 2. The number of carbonyl (C=O) groups is 1. The third kappa shape index (κ3) is 4.27. The van der Waals surface area contributed by atoms with E-state index in [1.807, 2.05) is 6.07 Å². The number of nitrogens with one attached hydrogen (secondary N) is 1. The van der Waals surface area contributed by atoms with Crippen molar-refractivity contribution >= 4 is 11.6 Å². The van der Waals surface area contributed by atoms with Crippen LogP contribution in [0.2, 0.25) is 0 Å². The van der Waals surface area contributed by atoms with Gasteiger partial charge in [0.15, 0.2) is 0 Å². The van der Waals surface area contributed by atoms with Crippen LogP contribution >= 0.6 is 0 Å². The highest BCUT2D eigenvalue weighted by atomic mass is 16.5. The fourth-order valence-electron chi connectivity index (χ4n) is 2.86. The first-order valence-corrected chi connectivity index (χ1v) is 9.18. The molecule has 0 bridgehead atoms. The monoisotopic (exact) mass is 401 g/mol. The van der Waals surface area contributed by atoms with Crippen molar-refractivity contribution in [3.8, 4) is 23.2 Å². The van der Waals surface area contributed by atoms with Crippen LogP contribution in [-0.4, -0.2) is 32.5 Å². The van der Waals surface area contributed by atoms with Crippen molar-refractivity contribution in [2.75, 3.05) is 12.4 Å². The van der Waals surface area contributed by atoms with Crippen molar-refractivity contribution in [3.05, 3.63) is 84.7 Å². The first-order valence-electron chi connectivity index (χ1n) is 9.18. The first-order chi connectivity index (χ1) is 14.6. The van der Waals surface area contributed by atoms with Crippen LogP contribution in [0.25, 0.3) is 5.82 Å².